The van der Waals surface area contributed by atoms with Gasteiger partial charge in [0.05, 0.1) is 12.6 Å². The van der Waals surface area contributed by atoms with Crippen LogP contribution in [0.1, 0.15) is 33.1 Å². The fourth-order valence-electron chi connectivity index (χ4n) is 1.79. The summed E-state index contributed by atoms with van der Waals surface area (Å²) in [5.41, 5.74) is 5.84. The van der Waals surface area contributed by atoms with Crippen molar-refractivity contribution in [1.29, 1.82) is 0 Å². The van der Waals surface area contributed by atoms with Crippen LogP contribution in [0.4, 0.5) is 0 Å². The molecule has 0 aromatic rings. The maximum atomic E-state index is 11.9. The second kappa shape index (κ2) is 5.47. The average Bonchev–Trinajstić information content (AvgIpc) is 2.95. The molecule has 3 N–H and O–H groups in total. The number of carbonyl (C=O) groups is 1. The van der Waals surface area contributed by atoms with Crippen molar-refractivity contribution in [2.75, 3.05) is 13.2 Å². The number of nitrogens with two attached hydrogens (primary N) is 1. The summed E-state index contributed by atoms with van der Waals surface area (Å²) in [5, 5.41) is 8.89. The third kappa shape index (κ3) is 3.80. The molecule has 0 aromatic carbocycles. The van der Waals surface area contributed by atoms with E-state index in [2.05, 4.69) is 13.8 Å². The number of carbonyl (C=O) groups excluding carboxylic acids is 1. The number of amides is 1. The van der Waals surface area contributed by atoms with E-state index in [1.807, 2.05) is 0 Å². The number of aliphatic hydroxyl groups excluding tert-OH is 1. The second-order valence-electron chi connectivity index (χ2n) is 4.72. The standard InChI is InChI=1S/C11H22N2O2/c1-8(2)7-10(12)11(15)13(5-6-14)9-3-4-9/h8-10,14H,3-7,12H2,1-2H3. The predicted molar refractivity (Wildman–Crippen MR) is 59.3 cm³/mol. The lowest BCUT2D eigenvalue weighted by molar-refractivity contribution is -0.134. The molecule has 1 unspecified atom stereocenters. The van der Waals surface area contributed by atoms with Crippen molar-refractivity contribution in [3.8, 4) is 0 Å². The topological polar surface area (TPSA) is 66.6 Å². The number of aliphatic hydroxyl groups is 1. The molecule has 1 rings (SSSR count). The third-order valence-corrected chi connectivity index (χ3v) is 2.65. The number of hydrogen-bond acceptors (Lipinski definition) is 3. The molecule has 0 saturated heterocycles. The minimum absolute atomic E-state index is 0.000231. The Morgan fingerprint density at radius 3 is 2.53 bits per heavy atom. The van der Waals surface area contributed by atoms with Gasteiger partial charge in [-0.25, -0.2) is 0 Å². The van der Waals surface area contributed by atoms with Gasteiger partial charge in [-0.05, 0) is 25.2 Å². The average molecular weight is 214 g/mol. The van der Waals surface area contributed by atoms with E-state index in [4.69, 9.17) is 10.8 Å². The highest BCUT2D eigenvalue weighted by molar-refractivity contribution is 5.82. The van der Waals surface area contributed by atoms with Crippen LogP contribution in [0.15, 0.2) is 0 Å². The minimum atomic E-state index is -0.405. The Labute approximate surface area is 91.4 Å². The van der Waals surface area contributed by atoms with Crippen LogP contribution in [0.3, 0.4) is 0 Å². The van der Waals surface area contributed by atoms with Gasteiger partial charge in [0.2, 0.25) is 5.91 Å². The van der Waals surface area contributed by atoms with Gasteiger partial charge in [0, 0.05) is 12.6 Å². The summed E-state index contributed by atoms with van der Waals surface area (Å²) in [6.45, 7) is 4.56. The van der Waals surface area contributed by atoms with Crippen molar-refractivity contribution in [2.24, 2.45) is 11.7 Å². The Hall–Kier alpha value is -0.610. The fraction of sp³-hybridized carbons (Fsp3) is 0.909. The molecule has 1 aliphatic carbocycles. The quantitative estimate of drug-likeness (QED) is 0.670. The van der Waals surface area contributed by atoms with Gasteiger partial charge in [-0.15, -0.1) is 0 Å². The van der Waals surface area contributed by atoms with Crippen LogP contribution in [0.2, 0.25) is 0 Å². The summed E-state index contributed by atoms with van der Waals surface area (Å²) >= 11 is 0. The van der Waals surface area contributed by atoms with Crippen molar-refractivity contribution in [3.63, 3.8) is 0 Å². The van der Waals surface area contributed by atoms with Crippen LogP contribution in [-0.2, 0) is 4.79 Å². The highest BCUT2D eigenvalue weighted by Crippen LogP contribution is 2.27. The lowest BCUT2D eigenvalue weighted by atomic mass is 10.0. The van der Waals surface area contributed by atoms with Crippen molar-refractivity contribution in [1.82, 2.24) is 4.90 Å². The molecular weight excluding hydrogens is 192 g/mol. The summed E-state index contributed by atoms with van der Waals surface area (Å²) in [4.78, 5) is 13.7. The van der Waals surface area contributed by atoms with Gasteiger partial charge in [-0.3, -0.25) is 4.79 Å². The molecule has 0 heterocycles. The highest BCUT2D eigenvalue weighted by Gasteiger charge is 2.34. The van der Waals surface area contributed by atoms with E-state index in [1.165, 1.54) is 0 Å². The van der Waals surface area contributed by atoms with E-state index >= 15 is 0 Å². The molecule has 1 aliphatic rings. The molecule has 15 heavy (non-hydrogen) atoms. The van der Waals surface area contributed by atoms with Crippen LogP contribution >= 0.6 is 0 Å². The van der Waals surface area contributed by atoms with Gasteiger partial charge < -0.3 is 15.7 Å². The molecule has 4 heteroatoms. The largest absolute Gasteiger partial charge is 0.395 e. The molecule has 88 valence electrons. The van der Waals surface area contributed by atoms with Gasteiger partial charge in [-0.1, -0.05) is 13.8 Å². The van der Waals surface area contributed by atoms with Crippen LogP contribution in [-0.4, -0.2) is 41.1 Å². The molecule has 1 fully saturated rings. The maximum Gasteiger partial charge on any atom is 0.239 e. The van der Waals surface area contributed by atoms with Gasteiger partial charge in [0.25, 0.3) is 0 Å². The molecule has 1 saturated carbocycles. The molecule has 0 bridgehead atoms. The number of nitrogens with zero attached hydrogens (tertiary/aromatic N) is 1. The number of hydrogen-bond donors (Lipinski definition) is 2. The Balaban J connectivity index is 2.47. The fourth-order valence-corrected chi connectivity index (χ4v) is 1.79. The zero-order valence-corrected chi connectivity index (χ0v) is 9.65. The van der Waals surface area contributed by atoms with Crippen molar-refractivity contribution in [2.45, 2.75) is 45.2 Å². The first-order valence-corrected chi connectivity index (χ1v) is 5.73. The molecule has 4 nitrogen and oxygen atoms in total. The Kier molecular flexibility index (Phi) is 4.54. The lowest BCUT2D eigenvalue weighted by Gasteiger charge is -2.25. The predicted octanol–water partition coefficient (Wildman–Crippen LogP) is 0.343. The van der Waals surface area contributed by atoms with Crippen molar-refractivity contribution in [3.05, 3.63) is 0 Å². The van der Waals surface area contributed by atoms with Gasteiger partial charge >= 0.3 is 0 Å². The summed E-state index contributed by atoms with van der Waals surface area (Å²) in [5.74, 6) is 0.430. The molecule has 0 aliphatic heterocycles. The first-order valence-electron chi connectivity index (χ1n) is 5.73. The molecule has 0 aromatic heterocycles. The van der Waals surface area contributed by atoms with E-state index in [1.54, 1.807) is 4.90 Å². The summed E-state index contributed by atoms with van der Waals surface area (Å²) in [7, 11) is 0. The molecule has 0 spiro atoms. The van der Waals surface area contributed by atoms with Crippen LogP contribution in [0.25, 0.3) is 0 Å². The normalized spacial score (nSPS) is 17.9. The van der Waals surface area contributed by atoms with E-state index in [0.717, 1.165) is 12.8 Å². The SMILES string of the molecule is CC(C)CC(N)C(=O)N(CCO)C1CC1. The Morgan fingerprint density at radius 1 is 1.53 bits per heavy atom. The summed E-state index contributed by atoms with van der Waals surface area (Å²) in [6, 6.07) is -0.0694. The Morgan fingerprint density at radius 2 is 2.13 bits per heavy atom. The minimum Gasteiger partial charge on any atom is -0.395 e. The van der Waals surface area contributed by atoms with Gasteiger partial charge in [0.1, 0.15) is 0 Å². The zero-order chi connectivity index (χ0) is 11.4. The third-order valence-electron chi connectivity index (χ3n) is 2.65. The van der Waals surface area contributed by atoms with Gasteiger partial charge in [0.15, 0.2) is 0 Å². The second-order valence-corrected chi connectivity index (χ2v) is 4.72. The first-order chi connectivity index (χ1) is 7.06. The summed E-state index contributed by atoms with van der Waals surface area (Å²) < 4.78 is 0. The molecule has 0 radical (unpaired) electrons. The van der Waals surface area contributed by atoms with Crippen LogP contribution < -0.4 is 5.73 Å². The Bertz CT molecular complexity index is 215. The van der Waals surface area contributed by atoms with E-state index < -0.39 is 6.04 Å². The lowest BCUT2D eigenvalue weighted by Crippen LogP contribution is -2.46. The first kappa shape index (κ1) is 12.5. The number of rotatable bonds is 6. The van der Waals surface area contributed by atoms with E-state index in [9.17, 15) is 4.79 Å². The zero-order valence-electron chi connectivity index (χ0n) is 9.65. The molecule has 1 atom stereocenters. The van der Waals surface area contributed by atoms with Crippen molar-refractivity contribution >= 4 is 5.91 Å². The summed E-state index contributed by atoms with van der Waals surface area (Å²) in [6.07, 6.45) is 2.83. The van der Waals surface area contributed by atoms with Crippen LogP contribution in [0, 0.1) is 5.92 Å². The highest BCUT2D eigenvalue weighted by atomic mass is 16.3. The van der Waals surface area contributed by atoms with Crippen LogP contribution in [0.5, 0.6) is 0 Å². The van der Waals surface area contributed by atoms with Gasteiger partial charge in [-0.2, -0.15) is 0 Å². The maximum absolute atomic E-state index is 11.9. The van der Waals surface area contributed by atoms with E-state index in [-0.39, 0.29) is 12.5 Å². The van der Waals surface area contributed by atoms with E-state index in [0.29, 0.717) is 24.9 Å². The smallest absolute Gasteiger partial charge is 0.239 e. The molecular formula is C11H22N2O2. The van der Waals surface area contributed by atoms with Crippen molar-refractivity contribution < 1.29 is 9.90 Å². The molecule has 1 amide bonds. The monoisotopic (exact) mass is 214 g/mol.